The highest BCUT2D eigenvalue weighted by Gasteiger charge is 2.04. The Hall–Kier alpha value is -2.35. The molecule has 0 saturated carbocycles. The number of fused-ring (bicyclic) bond motifs is 1. The zero-order chi connectivity index (χ0) is 14.8. The number of nitrogens with zero attached hydrogens (tertiary/aromatic N) is 1. The summed E-state index contributed by atoms with van der Waals surface area (Å²) >= 11 is 0. The van der Waals surface area contributed by atoms with Crippen molar-refractivity contribution >= 4 is 17.1 Å². The van der Waals surface area contributed by atoms with Crippen molar-refractivity contribution in [2.24, 2.45) is 0 Å². The van der Waals surface area contributed by atoms with E-state index < -0.39 is 0 Å². The minimum atomic E-state index is 0.575. The lowest BCUT2D eigenvalue weighted by Gasteiger charge is -2.09. The van der Waals surface area contributed by atoms with Gasteiger partial charge in [-0.15, -0.1) is 0 Å². The Morgan fingerprint density at radius 2 is 1.81 bits per heavy atom. The van der Waals surface area contributed by atoms with E-state index in [1.165, 1.54) is 28.2 Å². The zero-order valence-corrected chi connectivity index (χ0v) is 12.5. The average molecular weight is 276 g/mol. The van der Waals surface area contributed by atoms with Gasteiger partial charge in [0, 0.05) is 29.9 Å². The number of nitrogens with one attached hydrogen (secondary N) is 1. The first-order valence-corrected chi connectivity index (χ1v) is 7.35. The highest BCUT2D eigenvalue weighted by Crippen LogP contribution is 2.20. The predicted octanol–water partition coefficient (Wildman–Crippen LogP) is 4.81. The number of benzene rings is 2. The Morgan fingerprint density at radius 3 is 2.48 bits per heavy atom. The van der Waals surface area contributed by atoms with Crippen LogP contribution in [0.1, 0.15) is 36.5 Å². The molecule has 0 radical (unpaired) electrons. The second-order valence-corrected chi connectivity index (χ2v) is 5.80. The van der Waals surface area contributed by atoms with Gasteiger partial charge >= 0.3 is 0 Å². The molecule has 0 aliphatic heterocycles. The maximum absolute atomic E-state index is 7.33. The maximum Gasteiger partial charge on any atom is 0.0483 e. The molecule has 0 bridgehead atoms. The van der Waals surface area contributed by atoms with E-state index >= 15 is 0 Å². The number of aromatic nitrogens is 1. The fraction of sp³-hybridized carbons (Fsp3) is 0.211. The van der Waals surface area contributed by atoms with Gasteiger partial charge in [0.2, 0.25) is 0 Å². The molecule has 1 N–H and O–H groups in total. The highest BCUT2D eigenvalue weighted by atomic mass is 14.9. The van der Waals surface area contributed by atoms with E-state index in [1.807, 2.05) is 6.07 Å². The van der Waals surface area contributed by atoms with Crippen molar-refractivity contribution in [2.45, 2.75) is 26.3 Å². The van der Waals surface area contributed by atoms with Crippen molar-refractivity contribution in [3.05, 3.63) is 71.4 Å². The third kappa shape index (κ3) is 2.75. The molecule has 0 amide bonds. The molecule has 0 aliphatic rings. The standard InChI is InChI=1S/C19H20N2/c1-14(2)17-6-3-15(4-7-17)13-21-10-9-18-11-16(12-20)5-8-19(18)21/h3-12,14,20H,13H2,1-2H3. The van der Waals surface area contributed by atoms with Crippen LogP contribution in [-0.2, 0) is 6.54 Å². The quantitative estimate of drug-likeness (QED) is 0.662. The van der Waals surface area contributed by atoms with Crippen LogP contribution in [-0.4, -0.2) is 10.8 Å². The summed E-state index contributed by atoms with van der Waals surface area (Å²) in [6.07, 6.45) is 3.51. The third-order valence-electron chi connectivity index (χ3n) is 3.96. The van der Waals surface area contributed by atoms with Crippen molar-refractivity contribution in [1.82, 2.24) is 4.57 Å². The fourth-order valence-corrected chi connectivity index (χ4v) is 2.65. The molecule has 0 fully saturated rings. The van der Waals surface area contributed by atoms with Crippen molar-refractivity contribution in [2.75, 3.05) is 0 Å². The first kappa shape index (κ1) is 13.6. The van der Waals surface area contributed by atoms with Crippen LogP contribution in [0.3, 0.4) is 0 Å². The van der Waals surface area contributed by atoms with Crippen LogP contribution in [0.25, 0.3) is 10.9 Å². The van der Waals surface area contributed by atoms with Crippen LogP contribution >= 0.6 is 0 Å². The molecule has 21 heavy (non-hydrogen) atoms. The Morgan fingerprint density at radius 1 is 1.05 bits per heavy atom. The van der Waals surface area contributed by atoms with Gasteiger partial charge in [-0.3, -0.25) is 0 Å². The van der Waals surface area contributed by atoms with Crippen molar-refractivity contribution < 1.29 is 0 Å². The zero-order valence-electron chi connectivity index (χ0n) is 12.5. The molecule has 0 atom stereocenters. The average Bonchev–Trinajstić information content (AvgIpc) is 2.90. The third-order valence-corrected chi connectivity index (χ3v) is 3.96. The van der Waals surface area contributed by atoms with Gasteiger partial charge in [-0.1, -0.05) is 44.2 Å². The minimum absolute atomic E-state index is 0.575. The lowest BCUT2D eigenvalue weighted by Crippen LogP contribution is -1.98. The lowest BCUT2D eigenvalue weighted by molar-refractivity contribution is 0.829. The Bertz CT molecular complexity index is 764. The maximum atomic E-state index is 7.33. The first-order valence-electron chi connectivity index (χ1n) is 7.35. The smallest absolute Gasteiger partial charge is 0.0483 e. The predicted molar refractivity (Wildman–Crippen MR) is 89.5 cm³/mol. The molecule has 0 spiro atoms. The van der Waals surface area contributed by atoms with Gasteiger partial charge in [-0.2, -0.15) is 0 Å². The number of rotatable bonds is 4. The molecular weight excluding hydrogens is 256 g/mol. The second kappa shape index (κ2) is 5.57. The van der Waals surface area contributed by atoms with Crippen molar-refractivity contribution in [3.8, 4) is 0 Å². The summed E-state index contributed by atoms with van der Waals surface area (Å²) in [4.78, 5) is 0. The summed E-state index contributed by atoms with van der Waals surface area (Å²) < 4.78 is 2.26. The van der Waals surface area contributed by atoms with Gasteiger partial charge in [0.15, 0.2) is 0 Å². The molecule has 0 aliphatic carbocycles. The number of hydrogen-bond donors (Lipinski definition) is 1. The summed E-state index contributed by atoms with van der Waals surface area (Å²) in [5, 5.41) is 8.52. The monoisotopic (exact) mass is 276 g/mol. The van der Waals surface area contributed by atoms with Gasteiger partial charge in [-0.05, 0) is 40.8 Å². The number of hydrogen-bond acceptors (Lipinski definition) is 1. The summed E-state index contributed by atoms with van der Waals surface area (Å²) in [5.74, 6) is 0.575. The highest BCUT2D eigenvalue weighted by molar-refractivity contribution is 5.88. The first-order chi connectivity index (χ1) is 10.2. The molecule has 2 aromatic carbocycles. The van der Waals surface area contributed by atoms with Gasteiger partial charge in [0.05, 0.1) is 0 Å². The molecule has 3 rings (SSSR count). The Labute approximate surface area is 125 Å². The molecule has 2 nitrogen and oxygen atoms in total. The molecule has 1 aromatic heterocycles. The van der Waals surface area contributed by atoms with Crippen molar-refractivity contribution in [3.63, 3.8) is 0 Å². The van der Waals surface area contributed by atoms with Crippen LogP contribution < -0.4 is 0 Å². The van der Waals surface area contributed by atoms with E-state index in [0.29, 0.717) is 5.92 Å². The van der Waals surface area contributed by atoms with Gasteiger partial charge in [0.1, 0.15) is 0 Å². The van der Waals surface area contributed by atoms with Crippen LogP contribution in [0, 0.1) is 5.41 Å². The molecule has 2 heteroatoms. The molecule has 0 unspecified atom stereocenters. The minimum Gasteiger partial charge on any atom is -0.343 e. The topological polar surface area (TPSA) is 28.8 Å². The summed E-state index contributed by atoms with van der Waals surface area (Å²) in [6, 6.07) is 17.1. The van der Waals surface area contributed by atoms with E-state index in [4.69, 9.17) is 5.41 Å². The van der Waals surface area contributed by atoms with Crippen molar-refractivity contribution in [1.29, 1.82) is 5.41 Å². The molecule has 0 saturated heterocycles. The summed E-state index contributed by atoms with van der Waals surface area (Å²) in [5.41, 5.74) is 4.86. The Balaban J connectivity index is 1.89. The summed E-state index contributed by atoms with van der Waals surface area (Å²) in [7, 11) is 0. The van der Waals surface area contributed by atoms with Gasteiger partial charge in [-0.25, -0.2) is 0 Å². The van der Waals surface area contributed by atoms with Crippen LogP contribution in [0.15, 0.2) is 54.7 Å². The van der Waals surface area contributed by atoms with Gasteiger partial charge in [0.25, 0.3) is 0 Å². The van der Waals surface area contributed by atoms with Gasteiger partial charge < -0.3 is 9.98 Å². The van der Waals surface area contributed by atoms with E-state index in [0.717, 1.165) is 12.1 Å². The lowest BCUT2D eigenvalue weighted by atomic mass is 10.0. The normalized spacial score (nSPS) is 11.2. The van der Waals surface area contributed by atoms with E-state index in [9.17, 15) is 0 Å². The fourth-order valence-electron chi connectivity index (χ4n) is 2.65. The van der Waals surface area contributed by atoms with E-state index in [-0.39, 0.29) is 0 Å². The largest absolute Gasteiger partial charge is 0.343 e. The van der Waals surface area contributed by atoms with Crippen LogP contribution in [0.2, 0.25) is 0 Å². The van der Waals surface area contributed by atoms with E-state index in [1.54, 1.807) is 0 Å². The van der Waals surface area contributed by atoms with E-state index in [2.05, 4.69) is 67.1 Å². The molecule has 106 valence electrons. The molecule has 3 aromatic rings. The second-order valence-electron chi connectivity index (χ2n) is 5.80. The molecule has 1 heterocycles. The van der Waals surface area contributed by atoms with Crippen LogP contribution in [0.4, 0.5) is 0 Å². The molecular formula is C19H20N2. The van der Waals surface area contributed by atoms with Crippen LogP contribution in [0.5, 0.6) is 0 Å². The Kier molecular flexibility index (Phi) is 3.61. The SMILES string of the molecule is CC(C)c1ccc(Cn2ccc3cc(C=N)ccc32)cc1. The summed E-state index contributed by atoms with van der Waals surface area (Å²) in [6.45, 7) is 5.32.